The number of fused-ring (bicyclic) bond motifs is 1. The van der Waals surface area contributed by atoms with E-state index < -0.39 is 0 Å². The van der Waals surface area contributed by atoms with Crippen LogP contribution in [0.4, 0.5) is 15.3 Å². The zero-order chi connectivity index (χ0) is 28.0. The number of aliphatic hydroxyl groups excluding tert-OH is 1. The van der Waals surface area contributed by atoms with Crippen molar-refractivity contribution in [3.05, 3.63) is 64.5 Å². The summed E-state index contributed by atoms with van der Waals surface area (Å²) in [5.74, 6) is 1.29. The van der Waals surface area contributed by atoms with Gasteiger partial charge in [-0.3, -0.25) is 14.1 Å². The first-order valence-electron chi connectivity index (χ1n) is 14.0. The number of hydrogen-bond acceptors (Lipinski definition) is 7. The Bertz CT molecular complexity index is 1520. The van der Waals surface area contributed by atoms with Crippen LogP contribution >= 0.6 is 11.3 Å². The van der Waals surface area contributed by atoms with Gasteiger partial charge in [0.25, 0.3) is 0 Å². The van der Waals surface area contributed by atoms with Gasteiger partial charge in [-0.05, 0) is 81.1 Å². The molecule has 1 amide bonds. The number of aryl methyl sites for hydroxylation is 2. The second-order valence-electron chi connectivity index (χ2n) is 10.9. The van der Waals surface area contributed by atoms with Crippen molar-refractivity contribution >= 4 is 33.8 Å². The molecule has 40 heavy (non-hydrogen) atoms. The highest BCUT2D eigenvalue weighted by molar-refractivity contribution is 7.16. The summed E-state index contributed by atoms with van der Waals surface area (Å²) in [5.41, 5.74) is 4.98. The van der Waals surface area contributed by atoms with Gasteiger partial charge in [0.1, 0.15) is 17.3 Å². The van der Waals surface area contributed by atoms with Crippen molar-refractivity contribution in [1.29, 1.82) is 0 Å². The lowest BCUT2D eigenvalue weighted by atomic mass is 9.90. The monoisotopic (exact) mass is 562 g/mol. The van der Waals surface area contributed by atoms with E-state index in [1.807, 2.05) is 14.0 Å². The summed E-state index contributed by atoms with van der Waals surface area (Å²) in [6.45, 7) is 7.29. The number of imidazole rings is 1. The van der Waals surface area contributed by atoms with Crippen LogP contribution in [0.15, 0.2) is 42.6 Å². The quantitative estimate of drug-likeness (QED) is 0.354. The number of aliphatic hydroxyl groups is 1. The normalized spacial score (nSPS) is 17.0. The number of rotatable bonds is 7. The highest BCUT2D eigenvalue weighted by Gasteiger charge is 2.31. The van der Waals surface area contributed by atoms with Crippen molar-refractivity contribution in [2.75, 3.05) is 44.7 Å². The first-order valence-corrected chi connectivity index (χ1v) is 14.8. The number of hydrogen-bond donors (Lipinski definition) is 1. The Balaban J connectivity index is 1.22. The Morgan fingerprint density at radius 1 is 1.12 bits per heavy atom. The first-order chi connectivity index (χ1) is 19.3. The van der Waals surface area contributed by atoms with E-state index >= 15 is 0 Å². The summed E-state index contributed by atoms with van der Waals surface area (Å²) < 4.78 is 15.7. The number of thiazole rings is 1. The number of carbonyl (C=O) groups is 1. The Hall–Kier alpha value is -3.34. The number of likely N-dealkylation sites (tertiary alicyclic amines) is 2. The minimum atomic E-state index is -0.360. The summed E-state index contributed by atoms with van der Waals surface area (Å²) in [6.07, 6.45) is 4.65. The number of benzene rings is 1. The third-order valence-electron chi connectivity index (χ3n) is 8.16. The van der Waals surface area contributed by atoms with E-state index in [0.29, 0.717) is 25.6 Å². The van der Waals surface area contributed by atoms with Crippen molar-refractivity contribution in [3.8, 4) is 11.3 Å². The number of halogens is 1. The molecule has 5 heterocycles. The number of aromatic nitrogens is 3. The molecule has 8 nitrogen and oxygen atoms in total. The molecule has 4 aromatic rings. The molecule has 1 aromatic carbocycles. The van der Waals surface area contributed by atoms with E-state index in [2.05, 4.69) is 39.5 Å². The van der Waals surface area contributed by atoms with Gasteiger partial charge in [-0.1, -0.05) is 13.0 Å². The fraction of sp³-hybridized carbons (Fsp3) is 0.433. The molecule has 6 rings (SSSR count). The second-order valence-corrected chi connectivity index (χ2v) is 12.1. The SMILES string of the molecule is CCc1nc2ccc(C3CCN(CC(=O)N4CC(O)C4)CC3)cn2c1N(C)c1nc(-c2ccc(F)cc2)c(C)s1. The van der Waals surface area contributed by atoms with E-state index in [9.17, 15) is 14.3 Å². The molecular formula is C30H35FN6O2S. The minimum absolute atomic E-state index is 0.114. The van der Waals surface area contributed by atoms with Gasteiger partial charge in [-0.15, -0.1) is 11.3 Å². The summed E-state index contributed by atoms with van der Waals surface area (Å²) in [7, 11) is 2.04. The van der Waals surface area contributed by atoms with Crippen LogP contribution in [0.2, 0.25) is 0 Å². The first kappa shape index (κ1) is 26.9. The zero-order valence-corrected chi connectivity index (χ0v) is 24.0. The molecule has 0 spiro atoms. The van der Waals surface area contributed by atoms with Crippen molar-refractivity contribution in [1.82, 2.24) is 24.2 Å². The van der Waals surface area contributed by atoms with E-state index in [0.717, 1.165) is 70.8 Å². The molecule has 0 saturated carbocycles. The third kappa shape index (κ3) is 5.11. The van der Waals surface area contributed by atoms with Crippen LogP contribution < -0.4 is 4.90 Å². The molecule has 0 radical (unpaired) electrons. The Labute approximate surface area is 237 Å². The number of β-amino-alcohol motifs (C(OH)–C–C–N with tert-alkyl or cyclic N) is 1. The molecule has 10 heteroatoms. The molecule has 2 fully saturated rings. The number of piperidine rings is 1. The number of amides is 1. The average molecular weight is 563 g/mol. The number of pyridine rings is 1. The average Bonchev–Trinajstić information content (AvgIpc) is 3.51. The summed E-state index contributed by atoms with van der Waals surface area (Å²) >= 11 is 1.62. The molecule has 1 N–H and O–H groups in total. The van der Waals surface area contributed by atoms with Crippen LogP contribution in [0.25, 0.3) is 16.9 Å². The number of carbonyl (C=O) groups excluding carboxylic acids is 1. The van der Waals surface area contributed by atoms with Gasteiger partial charge in [0.05, 0.1) is 24.0 Å². The third-order valence-corrected chi connectivity index (χ3v) is 9.21. The molecule has 2 saturated heterocycles. The standard InChI is InChI=1S/C30H35FN6O2S/c1-4-25-29(34(3)30-33-28(19(2)40-30)21-5-8-23(31)9-6-21)37-15-22(7-10-26(37)32-25)20-11-13-35(14-12-20)18-27(39)36-16-24(38)17-36/h5-10,15,20,24,38H,4,11-14,16-18H2,1-3H3. The highest BCUT2D eigenvalue weighted by Crippen LogP contribution is 2.37. The largest absolute Gasteiger partial charge is 0.389 e. The Kier molecular flexibility index (Phi) is 7.33. The molecular weight excluding hydrogens is 527 g/mol. The molecule has 2 aliphatic rings. The predicted molar refractivity (Wildman–Crippen MR) is 156 cm³/mol. The number of nitrogens with zero attached hydrogens (tertiary/aromatic N) is 6. The highest BCUT2D eigenvalue weighted by atomic mass is 32.1. The van der Waals surface area contributed by atoms with Crippen LogP contribution in [0.5, 0.6) is 0 Å². The zero-order valence-electron chi connectivity index (χ0n) is 23.2. The molecule has 0 atom stereocenters. The topological polar surface area (TPSA) is 77.2 Å². The number of anilines is 2. The van der Waals surface area contributed by atoms with Gasteiger partial charge in [-0.25, -0.2) is 14.4 Å². The lowest BCUT2D eigenvalue weighted by Crippen LogP contribution is -2.56. The summed E-state index contributed by atoms with van der Waals surface area (Å²) in [6, 6.07) is 10.8. The van der Waals surface area contributed by atoms with E-state index in [1.165, 1.54) is 17.7 Å². The lowest BCUT2D eigenvalue weighted by molar-refractivity contribution is -0.142. The van der Waals surface area contributed by atoms with Gasteiger partial charge in [0.15, 0.2) is 5.13 Å². The smallest absolute Gasteiger partial charge is 0.236 e. The van der Waals surface area contributed by atoms with E-state index in [4.69, 9.17) is 9.97 Å². The Morgan fingerprint density at radius 3 is 2.52 bits per heavy atom. The maximum absolute atomic E-state index is 13.5. The molecule has 0 unspecified atom stereocenters. The second kappa shape index (κ2) is 10.9. The van der Waals surface area contributed by atoms with Crippen molar-refractivity contribution < 1.29 is 14.3 Å². The summed E-state index contributed by atoms with van der Waals surface area (Å²) in [5, 5.41) is 10.3. The van der Waals surface area contributed by atoms with Crippen LogP contribution in [0.3, 0.4) is 0 Å². The fourth-order valence-corrected chi connectivity index (χ4v) is 6.69. The Morgan fingerprint density at radius 2 is 1.85 bits per heavy atom. The van der Waals surface area contributed by atoms with Gasteiger partial charge in [0, 0.05) is 36.8 Å². The molecule has 2 aliphatic heterocycles. The molecule has 210 valence electrons. The minimum Gasteiger partial charge on any atom is -0.389 e. The van der Waals surface area contributed by atoms with Crippen LogP contribution in [-0.4, -0.2) is 81.1 Å². The fourth-order valence-electron chi connectivity index (χ4n) is 5.80. The van der Waals surface area contributed by atoms with Gasteiger partial charge >= 0.3 is 0 Å². The van der Waals surface area contributed by atoms with Gasteiger partial charge < -0.3 is 14.9 Å². The maximum Gasteiger partial charge on any atom is 0.236 e. The molecule has 0 bridgehead atoms. The predicted octanol–water partition coefficient (Wildman–Crippen LogP) is 4.62. The van der Waals surface area contributed by atoms with Crippen LogP contribution in [0, 0.1) is 12.7 Å². The maximum atomic E-state index is 13.5. The lowest BCUT2D eigenvalue weighted by Gasteiger charge is -2.38. The molecule has 3 aromatic heterocycles. The van der Waals surface area contributed by atoms with Crippen molar-refractivity contribution in [3.63, 3.8) is 0 Å². The van der Waals surface area contributed by atoms with Gasteiger partial charge in [-0.2, -0.15) is 0 Å². The van der Waals surface area contributed by atoms with Gasteiger partial charge in [0.2, 0.25) is 5.91 Å². The van der Waals surface area contributed by atoms with Crippen molar-refractivity contribution in [2.24, 2.45) is 0 Å². The van der Waals surface area contributed by atoms with Crippen LogP contribution in [-0.2, 0) is 11.2 Å². The van der Waals surface area contributed by atoms with Crippen LogP contribution in [0.1, 0.15) is 41.8 Å². The molecule has 0 aliphatic carbocycles. The summed E-state index contributed by atoms with van der Waals surface area (Å²) in [4.78, 5) is 29.5. The van der Waals surface area contributed by atoms with E-state index in [-0.39, 0.29) is 17.8 Å². The van der Waals surface area contributed by atoms with Crippen molar-refractivity contribution in [2.45, 2.75) is 45.1 Å². The van der Waals surface area contributed by atoms with E-state index in [1.54, 1.807) is 28.4 Å².